The molecule has 0 bridgehead atoms. The quantitative estimate of drug-likeness (QED) is 0.771. The van der Waals surface area contributed by atoms with Crippen LogP contribution >= 0.6 is 0 Å². The van der Waals surface area contributed by atoms with E-state index in [9.17, 15) is 9.59 Å². The maximum absolute atomic E-state index is 11.7. The van der Waals surface area contributed by atoms with Crippen LogP contribution in [0.3, 0.4) is 0 Å². The van der Waals surface area contributed by atoms with Crippen molar-refractivity contribution >= 4 is 11.9 Å². The molecule has 16 heavy (non-hydrogen) atoms. The molecule has 1 fully saturated rings. The van der Waals surface area contributed by atoms with Crippen molar-refractivity contribution < 1.29 is 9.59 Å². The zero-order chi connectivity index (χ0) is 11.4. The Morgan fingerprint density at radius 2 is 2.06 bits per heavy atom. The van der Waals surface area contributed by atoms with E-state index < -0.39 is 0 Å². The minimum Gasteiger partial charge on any atom is -0.336 e. The molecule has 0 radical (unpaired) electrons. The Hall–Kier alpha value is -2.04. The van der Waals surface area contributed by atoms with Gasteiger partial charge in [0.2, 0.25) is 0 Å². The number of hydrogen-bond acceptors (Lipinski definition) is 2. The summed E-state index contributed by atoms with van der Waals surface area (Å²) in [5.74, 6) is -0.266. The summed E-state index contributed by atoms with van der Waals surface area (Å²) in [4.78, 5) is 23.1. The van der Waals surface area contributed by atoms with Gasteiger partial charge < -0.3 is 5.32 Å². The van der Waals surface area contributed by atoms with Crippen LogP contribution in [0.4, 0.5) is 4.79 Å². The molecule has 1 aliphatic heterocycles. The first-order valence-electron chi connectivity index (χ1n) is 5.19. The van der Waals surface area contributed by atoms with Crippen LogP contribution in [0.5, 0.6) is 0 Å². The van der Waals surface area contributed by atoms with E-state index in [1.165, 1.54) is 5.01 Å². The van der Waals surface area contributed by atoms with Crippen molar-refractivity contribution in [3.05, 3.63) is 35.9 Å². The summed E-state index contributed by atoms with van der Waals surface area (Å²) in [6.07, 6.45) is 0.834. The van der Waals surface area contributed by atoms with E-state index in [1.54, 1.807) is 24.3 Å². The number of urea groups is 1. The number of nitrogens with one attached hydrogen (secondary N) is 2. The summed E-state index contributed by atoms with van der Waals surface area (Å²) < 4.78 is 0. The fourth-order valence-electron chi connectivity index (χ4n) is 1.51. The highest BCUT2D eigenvalue weighted by Crippen LogP contribution is 2.00. The molecule has 3 amide bonds. The zero-order valence-electron chi connectivity index (χ0n) is 8.77. The van der Waals surface area contributed by atoms with Gasteiger partial charge in [0.1, 0.15) is 0 Å². The minimum absolute atomic E-state index is 0.254. The Labute approximate surface area is 93.4 Å². The van der Waals surface area contributed by atoms with Gasteiger partial charge >= 0.3 is 6.03 Å². The van der Waals surface area contributed by atoms with Gasteiger partial charge in [-0.25, -0.2) is 9.80 Å². The van der Waals surface area contributed by atoms with Gasteiger partial charge in [-0.2, -0.15) is 0 Å². The molecule has 2 rings (SSSR count). The van der Waals surface area contributed by atoms with E-state index in [0.717, 1.165) is 6.42 Å². The van der Waals surface area contributed by atoms with E-state index in [1.807, 2.05) is 6.07 Å². The van der Waals surface area contributed by atoms with E-state index in [4.69, 9.17) is 0 Å². The Balaban J connectivity index is 1.99. The van der Waals surface area contributed by atoms with Crippen LogP contribution in [0.1, 0.15) is 16.8 Å². The molecule has 5 heteroatoms. The Bertz CT molecular complexity index is 391. The molecule has 0 saturated carbocycles. The smallest absolute Gasteiger partial charge is 0.336 e. The number of rotatable bonds is 2. The lowest BCUT2D eigenvalue weighted by atomic mass is 10.2. The Kier molecular flexibility index (Phi) is 3.05. The standard InChI is InChI=1S/C11H13N3O2/c15-10(9-5-2-1-3-6-9)13-14-8-4-7-12-11(14)16/h1-3,5-6H,4,7-8H2,(H,12,16)(H,13,15). The zero-order valence-corrected chi connectivity index (χ0v) is 8.77. The first-order chi connectivity index (χ1) is 7.77. The Morgan fingerprint density at radius 3 is 2.75 bits per heavy atom. The highest BCUT2D eigenvalue weighted by Gasteiger charge is 2.19. The minimum atomic E-state index is -0.266. The van der Waals surface area contributed by atoms with Gasteiger partial charge in [0.25, 0.3) is 5.91 Å². The van der Waals surface area contributed by atoms with Crippen molar-refractivity contribution in [3.8, 4) is 0 Å². The maximum atomic E-state index is 11.7. The summed E-state index contributed by atoms with van der Waals surface area (Å²) in [6, 6.07) is 8.56. The molecular weight excluding hydrogens is 206 g/mol. The van der Waals surface area contributed by atoms with Crippen LogP contribution in [0.15, 0.2) is 30.3 Å². The summed E-state index contributed by atoms with van der Waals surface area (Å²) in [7, 11) is 0. The normalized spacial score (nSPS) is 15.5. The molecule has 1 saturated heterocycles. The molecule has 1 aromatic carbocycles. The highest BCUT2D eigenvalue weighted by molar-refractivity contribution is 5.95. The lowest BCUT2D eigenvalue weighted by Gasteiger charge is -2.27. The third-order valence-corrected chi connectivity index (χ3v) is 2.35. The monoisotopic (exact) mass is 219 g/mol. The largest absolute Gasteiger partial charge is 0.336 e. The summed E-state index contributed by atoms with van der Waals surface area (Å²) in [6.45, 7) is 1.21. The van der Waals surface area contributed by atoms with Gasteiger partial charge in [0, 0.05) is 18.7 Å². The van der Waals surface area contributed by atoms with E-state index >= 15 is 0 Å². The van der Waals surface area contributed by atoms with Gasteiger partial charge in [-0.1, -0.05) is 18.2 Å². The van der Waals surface area contributed by atoms with Crippen molar-refractivity contribution in [1.29, 1.82) is 0 Å². The topological polar surface area (TPSA) is 61.4 Å². The number of hydrazine groups is 1. The van der Waals surface area contributed by atoms with Crippen molar-refractivity contribution in [2.75, 3.05) is 13.1 Å². The van der Waals surface area contributed by atoms with E-state index in [2.05, 4.69) is 10.7 Å². The first kappa shape index (κ1) is 10.5. The molecule has 1 aromatic rings. The fraction of sp³-hybridized carbons (Fsp3) is 0.273. The summed E-state index contributed by atoms with van der Waals surface area (Å²) >= 11 is 0. The molecule has 0 unspecified atom stereocenters. The number of carbonyl (C=O) groups is 2. The Morgan fingerprint density at radius 1 is 1.31 bits per heavy atom. The first-order valence-corrected chi connectivity index (χ1v) is 5.19. The van der Waals surface area contributed by atoms with Gasteiger partial charge in [0.15, 0.2) is 0 Å². The number of nitrogens with zero attached hydrogens (tertiary/aromatic N) is 1. The van der Waals surface area contributed by atoms with Crippen LogP contribution in [0, 0.1) is 0 Å². The molecule has 2 N–H and O–H groups in total. The van der Waals surface area contributed by atoms with E-state index in [0.29, 0.717) is 18.7 Å². The van der Waals surface area contributed by atoms with Crippen molar-refractivity contribution in [3.63, 3.8) is 0 Å². The number of amides is 3. The van der Waals surface area contributed by atoms with Crippen LogP contribution in [0.2, 0.25) is 0 Å². The van der Waals surface area contributed by atoms with E-state index in [-0.39, 0.29) is 11.9 Å². The molecule has 5 nitrogen and oxygen atoms in total. The SMILES string of the molecule is O=C(NN1CCCNC1=O)c1ccccc1. The van der Waals surface area contributed by atoms with Gasteiger partial charge in [-0.15, -0.1) is 0 Å². The number of hydrogen-bond donors (Lipinski definition) is 2. The van der Waals surface area contributed by atoms with Gasteiger partial charge in [0.05, 0.1) is 0 Å². The van der Waals surface area contributed by atoms with Crippen molar-refractivity contribution in [2.45, 2.75) is 6.42 Å². The lowest BCUT2D eigenvalue weighted by molar-refractivity contribution is 0.0809. The van der Waals surface area contributed by atoms with Crippen LogP contribution in [-0.2, 0) is 0 Å². The second-order valence-corrected chi connectivity index (χ2v) is 3.54. The van der Waals surface area contributed by atoms with Crippen LogP contribution in [-0.4, -0.2) is 30.0 Å². The highest BCUT2D eigenvalue weighted by atomic mass is 16.2. The lowest BCUT2D eigenvalue weighted by Crippen LogP contribution is -2.54. The molecule has 1 heterocycles. The molecule has 0 aliphatic carbocycles. The second-order valence-electron chi connectivity index (χ2n) is 3.54. The summed E-state index contributed by atoms with van der Waals surface area (Å²) in [5, 5.41) is 3.97. The molecular formula is C11H13N3O2. The second kappa shape index (κ2) is 4.65. The number of benzene rings is 1. The summed E-state index contributed by atoms with van der Waals surface area (Å²) in [5.41, 5.74) is 3.11. The van der Waals surface area contributed by atoms with Crippen molar-refractivity contribution in [2.24, 2.45) is 0 Å². The average Bonchev–Trinajstić information content (AvgIpc) is 2.33. The molecule has 0 aromatic heterocycles. The molecule has 0 spiro atoms. The third-order valence-electron chi connectivity index (χ3n) is 2.35. The fourth-order valence-corrected chi connectivity index (χ4v) is 1.51. The van der Waals surface area contributed by atoms with Crippen LogP contribution in [0.25, 0.3) is 0 Å². The third kappa shape index (κ3) is 2.31. The predicted molar refractivity (Wildman–Crippen MR) is 58.6 cm³/mol. The molecule has 0 atom stereocenters. The van der Waals surface area contributed by atoms with Crippen LogP contribution < -0.4 is 10.7 Å². The predicted octanol–water partition coefficient (Wildman–Crippen LogP) is 0.747. The van der Waals surface area contributed by atoms with Crippen molar-refractivity contribution in [1.82, 2.24) is 15.8 Å². The van der Waals surface area contributed by atoms with Gasteiger partial charge in [-0.05, 0) is 18.6 Å². The molecule has 84 valence electrons. The molecule has 1 aliphatic rings. The number of carbonyl (C=O) groups excluding carboxylic acids is 2. The average molecular weight is 219 g/mol. The maximum Gasteiger partial charge on any atom is 0.336 e. The van der Waals surface area contributed by atoms with Gasteiger partial charge in [-0.3, -0.25) is 10.2 Å².